The Morgan fingerprint density at radius 2 is 1.29 bits per heavy atom. The molecule has 5 nitrogen and oxygen atoms in total. The average molecular weight is 136 g/mol. The summed E-state index contributed by atoms with van der Waals surface area (Å²) in [4.78, 5) is 22.8. The third-order valence-electron chi connectivity index (χ3n) is 0.122. The van der Waals surface area contributed by atoms with Gasteiger partial charge in [0.2, 0.25) is 0 Å². The van der Waals surface area contributed by atoms with Crippen LogP contribution in [0.4, 0.5) is 0 Å². The number of hydrogen-bond donors (Lipinski definition) is 4. The Bertz CT molecular complexity index is 37.8. The van der Waals surface area contributed by atoms with Crippen molar-refractivity contribution >= 4 is 38.6 Å². The predicted octanol–water partition coefficient (Wildman–Crippen LogP) is -2.76. The summed E-state index contributed by atoms with van der Waals surface area (Å²) in [5.74, 6) is 0. The third kappa shape index (κ3) is 10.9. The van der Waals surface area contributed by atoms with Crippen molar-refractivity contribution < 1.29 is 24.2 Å². The normalized spacial score (nSPS) is 10.3. The maximum absolute atomic E-state index is 7.60. The summed E-state index contributed by atoms with van der Waals surface area (Å²) in [5, 5.41) is 7.21. The van der Waals surface area contributed by atoms with Crippen LogP contribution in [0.5, 0.6) is 0 Å². The Labute approximate surface area is 62.9 Å². The van der Waals surface area contributed by atoms with E-state index >= 15 is 0 Å². The van der Waals surface area contributed by atoms with Gasteiger partial charge in [-0.2, -0.15) is 4.58 Å². The van der Waals surface area contributed by atoms with Gasteiger partial charge in [0, 0.05) is 0 Å². The van der Waals surface area contributed by atoms with Crippen molar-refractivity contribution in [2.24, 2.45) is 0 Å². The van der Waals surface area contributed by atoms with Gasteiger partial charge in [-0.1, -0.05) is 0 Å². The van der Waals surface area contributed by atoms with Crippen LogP contribution in [0.15, 0.2) is 0 Å². The van der Waals surface area contributed by atoms with E-state index < -0.39 is 9.05 Å². The van der Waals surface area contributed by atoms with Crippen LogP contribution in [-0.2, 0) is 4.58 Å². The van der Waals surface area contributed by atoms with E-state index in [4.69, 9.17) is 19.6 Å². The van der Waals surface area contributed by atoms with E-state index in [9.17, 15) is 0 Å². The van der Waals surface area contributed by atoms with Crippen LogP contribution < -0.4 is 0 Å². The predicted molar refractivity (Wildman–Crippen MR) is 23.3 cm³/mol. The van der Waals surface area contributed by atoms with E-state index in [0.29, 0.717) is 0 Å². The summed E-state index contributed by atoms with van der Waals surface area (Å²) >= 11 is 0. The second-order valence-electron chi connectivity index (χ2n) is 0.665. The Hall–Kier alpha value is 1.02. The fraction of sp³-hybridized carbons (Fsp3) is 0. The summed E-state index contributed by atoms with van der Waals surface area (Å²) in [6, 6.07) is 0. The summed E-state index contributed by atoms with van der Waals surface area (Å²) in [6.45, 7) is 0. The molecule has 0 atom stereocenters. The molecule has 0 saturated heterocycles. The van der Waals surface area contributed by atoms with Crippen molar-refractivity contribution in [3.05, 3.63) is 0 Å². The summed E-state index contributed by atoms with van der Waals surface area (Å²) in [6.07, 6.45) is 0. The second kappa shape index (κ2) is 3.95. The van der Waals surface area contributed by atoms with Gasteiger partial charge in [-0.25, -0.2) is 0 Å². The van der Waals surface area contributed by atoms with Crippen LogP contribution in [0, 0.1) is 0 Å². The van der Waals surface area contributed by atoms with Gasteiger partial charge in [0.1, 0.15) is 0 Å². The molecule has 40 valence electrons. The molecule has 0 saturated carbocycles. The molecule has 0 spiro atoms. The minimum absolute atomic E-state index is 0. The first-order valence-electron chi connectivity index (χ1n) is 1.06. The van der Waals surface area contributed by atoms with E-state index in [1.54, 1.807) is 0 Å². The molecule has 0 amide bonds. The molecule has 0 aliphatic carbocycles. The van der Waals surface area contributed by atoms with Crippen molar-refractivity contribution in [3.63, 3.8) is 0 Å². The zero-order chi connectivity index (χ0) is 5.21. The molecule has 0 aliphatic heterocycles. The van der Waals surface area contributed by atoms with Crippen LogP contribution in [0.1, 0.15) is 0 Å². The molecular formula is H5NaO5Si. The number of hydrogen-bond acceptors (Lipinski definition) is 5. The fourth-order valence-corrected chi connectivity index (χ4v) is 0. The molecule has 0 rings (SSSR count). The number of rotatable bonds is 1. The molecule has 0 bridgehead atoms. The first-order valence-corrected chi connectivity index (χ1v) is 2.81. The van der Waals surface area contributed by atoms with Crippen molar-refractivity contribution in [3.8, 4) is 0 Å². The Morgan fingerprint density at radius 1 is 1.14 bits per heavy atom. The van der Waals surface area contributed by atoms with Gasteiger partial charge in [0.15, 0.2) is 0 Å². The summed E-state index contributed by atoms with van der Waals surface area (Å²) < 4.78 is 2.74. The molecule has 0 aromatic rings. The van der Waals surface area contributed by atoms with Crippen molar-refractivity contribution in [2.75, 3.05) is 0 Å². The second-order valence-corrected chi connectivity index (χ2v) is 2.00. The fourth-order valence-electron chi connectivity index (χ4n) is 0. The molecule has 4 N–H and O–H groups in total. The molecule has 7 heavy (non-hydrogen) atoms. The Morgan fingerprint density at radius 3 is 1.29 bits per heavy atom. The van der Waals surface area contributed by atoms with Crippen LogP contribution in [-0.4, -0.2) is 58.2 Å². The first-order chi connectivity index (χ1) is 2.56. The first kappa shape index (κ1) is 10.9. The SMILES string of the molecule is OO[Si](O)(O)O.[NaH]. The molecular weight excluding hydrogens is 131 g/mol. The standard InChI is InChI=1S/Na.H4O5Si.H/c;1-5-6(2,3)4;/h;1-4H;. The molecule has 0 fully saturated rings. The minimum atomic E-state index is -4.58. The van der Waals surface area contributed by atoms with Gasteiger partial charge in [-0.05, 0) is 0 Å². The Kier molecular flexibility index (Phi) is 6.16. The molecule has 0 unspecified atom stereocenters. The molecule has 0 heterocycles. The van der Waals surface area contributed by atoms with Crippen LogP contribution in [0.3, 0.4) is 0 Å². The van der Waals surface area contributed by atoms with E-state index in [1.165, 1.54) is 0 Å². The molecule has 0 aliphatic rings. The van der Waals surface area contributed by atoms with Crippen LogP contribution in [0.2, 0.25) is 0 Å². The van der Waals surface area contributed by atoms with Crippen molar-refractivity contribution in [1.82, 2.24) is 0 Å². The zero-order valence-electron chi connectivity index (χ0n) is 2.70. The zero-order valence-corrected chi connectivity index (χ0v) is 3.70. The van der Waals surface area contributed by atoms with E-state index in [0.717, 1.165) is 0 Å². The van der Waals surface area contributed by atoms with Crippen LogP contribution >= 0.6 is 0 Å². The molecule has 0 aromatic carbocycles. The van der Waals surface area contributed by atoms with Gasteiger partial charge >= 0.3 is 38.6 Å². The molecule has 7 heteroatoms. The average Bonchev–Trinajstić information content (AvgIpc) is 1.35. The van der Waals surface area contributed by atoms with E-state index in [-0.39, 0.29) is 29.6 Å². The van der Waals surface area contributed by atoms with Gasteiger partial charge in [0.25, 0.3) is 0 Å². The van der Waals surface area contributed by atoms with Crippen molar-refractivity contribution in [2.45, 2.75) is 0 Å². The van der Waals surface area contributed by atoms with Crippen molar-refractivity contribution in [1.29, 1.82) is 0 Å². The quantitative estimate of drug-likeness (QED) is 0.178. The maximum atomic E-state index is 7.60. The van der Waals surface area contributed by atoms with Gasteiger partial charge in [0.05, 0.1) is 0 Å². The van der Waals surface area contributed by atoms with Gasteiger partial charge < -0.3 is 14.4 Å². The topological polar surface area (TPSA) is 90.2 Å². The monoisotopic (exact) mass is 136 g/mol. The summed E-state index contributed by atoms with van der Waals surface area (Å²) in [7, 11) is -4.58. The van der Waals surface area contributed by atoms with Crippen LogP contribution in [0.25, 0.3) is 0 Å². The van der Waals surface area contributed by atoms with E-state index in [2.05, 4.69) is 4.58 Å². The third-order valence-corrected chi connectivity index (χ3v) is 0.367. The van der Waals surface area contributed by atoms with Gasteiger partial charge in [-0.3, -0.25) is 5.26 Å². The summed E-state index contributed by atoms with van der Waals surface area (Å²) in [5.41, 5.74) is 0. The molecule has 0 radical (unpaired) electrons. The van der Waals surface area contributed by atoms with E-state index in [1.807, 2.05) is 0 Å². The Balaban J connectivity index is 0. The van der Waals surface area contributed by atoms with Gasteiger partial charge in [-0.15, -0.1) is 0 Å². The molecule has 0 aromatic heterocycles.